The second kappa shape index (κ2) is 5.14. The second-order valence-electron chi connectivity index (χ2n) is 4.34. The first kappa shape index (κ1) is 12.5. The molecule has 0 amide bonds. The fourth-order valence-corrected chi connectivity index (χ4v) is 2.64. The average Bonchev–Trinajstić information content (AvgIpc) is 2.31. The molecule has 0 saturated carbocycles. The van der Waals surface area contributed by atoms with Crippen molar-refractivity contribution in [2.75, 3.05) is 51.0 Å². The maximum absolute atomic E-state index is 5.87. The molecule has 0 atom stereocenters. The van der Waals surface area contributed by atoms with E-state index in [1.54, 1.807) is 7.11 Å². The third kappa shape index (κ3) is 2.66. The Labute approximate surface area is 110 Å². The van der Waals surface area contributed by atoms with Crippen molar-refractivity contribution >= 4 is 27.3 Å². The molecule has 1 fully saturated rings. The molecule has 94 valence electrons. The molecule has 1 saturated heterocycles. The molecule has 1 aromatic rings. The van der Waals surface area contributed by atoms with Crippen LogP contribution in [0.25, 0.3) is 0 Å². The SMILES string of the molecule is COc1cc(N2CCN(C)CC2)c(Br)cc1N. The van der Waals surface area contributed by atoms with Gasteiger partial charge in [-0.05, 0) is 29.0 Å². The number of halogens is 1. The quantitative estimate of drug-likeness (QED) is 0.846. The van der Waals surface area contributed by atoms with Gasteiger partial charge in [-0.2, -0.15) is 0 Å². The van der Waals surface area contributed by atoms with Crippen molar-refractivity contribution in [3.8, 4) is 5.75 Å². The summed E-state index contributed by atoms with van der Waals surface area (Å²) in [5, 5.41) is 0. The first-order valence-corrected chi connectivity index (χ1v) is 6.47. The van der Waals surface area contributed by atoms with Gasteiger partial charge in [0.1, 0.15) is 5.75 Å². The van der Waals surface area contributed by atoms with E-state index in [4.69, 9.17) is 10.5 Å². The minimum Gasteiger partial charge on any atom is -0.495 e. The zero-order chi connectivity index (χ0) is 12.4. The lowest BCUT2D eigenvalue weighted by Gasteiger charge is -2.34. The topological polar surface area (TPSA) is 41.7 Å². The molecule has 0 unspecified atom stereocenters. The van der Waals surface area contributed by atoms with Crippen LogP contribution in [-0.2, 0) is 0 Å². The largest absolute Gasteiger partial charge is 0.495 e. The Balaban J connectivity index is 2.25. The molecule has 0 aromatic heterocycles. The van der Waals surface area contributed by atoms with E-state index in [-0.39, 0.29) is 0 Å². The molecule has 4 nitrogen and oxygen atoms in total. The highest BCUT2D eigenvalue weighted by molar-refractivity contribution is 9.10. The van der Waals surface area contributed by atoms with Crippen molar-refractivity contribution in [2.24, 2.45) is 0 Å². The van der Waals surface area contributed by atoms with E-state index in [0.717, 1.165) is 42.1 Å². The molecular weight excluding hydrogens is 282 g/mol. The number of anilines is 2. The normalized spacial score (nSPS) is 17.2. The Kier molecular flexibility index (Phi) is 3.79. The third-order valence-corrected chi connectivity index (χ3v) is 3.78. The monoisotopic (exact) mass is 299 g/mol. The highest BCUT2D eigenvalue weighted by Gasteiger charge is 2.18. The van der Waals surface area contributed by atoms with Crippen molar-refractivity contribution in [1.82, 2.24) is 4.90 Å². The van der Waals surface area contributed by atoms with Crippen LogP contribution in [0.5, 0.6) is 5.75 Å². The molecule has 1 aliphatic rings. The fraction of sp³-hybridized carbons (Fsp3) is 0.500. The van der Waals surface area contributed by atoms with E-state index in [2.05, 4.69) is 32.8 Å². The molecule has 0 radical (unpaired) electrons. The van der Waals surface area contributed by atoms with Crippen LogP contribution in [0.3, 0.4) is 0 Å². The molecule has 17 heavy (non-hydrogen) atoms. The van der Waals surface area contributed by atoms with Gasteiger partial charge in [0.15, 0.2) is 0 Å². The summed E-state index contributed by atoms with van der Waals surface area (Å²) in [6, 6.07) is 3.91. The van der Waals surface area contributed by atoms with Crippen molar-refractivity contribution in [1.29, 1.82) is 0 Å². The van der Waals surface area contributed by atoms with Crippen LogP contribution in [0.4, 0.5) is 11.4 Å². The molecular formula is C12H18BrN3O. The third-order valence-electron chi connectivity index (χ3n) is 3.14. The van der Waals surface area contributed by atoms with Gasteiger partial charge in [-0.15, -0.1) is 0 Å². The highest BCUT2D eigenvalue weighted by atomic mass is 79.9. The van der Waals surface area contributed by atoms with Crippen molar-refractivity contribution in [3.05, 3.63) is 16.6 Å². The lowest BCUT2D eigenvalue weighted by molar-refractivity contribution is 0.312. The number of nitrogens with zero attached hydrogens (tertiary/aromatic N) is 2. The smallest absolute Gasteiger partial charge is 0.143 e. The fourth-order valence-electron chi connectivity index (χ4n) is 2.02. The molecule has 2 N–H and O–H groups in total. The van der Waals surface area contributed by atoms with Gasteiger partial charge in [-0.25, -0.2) is 0 Å². The van der Waals surface area contributed by atoms with Crippen molar-refractivity contribution in [3.63, 3.8) is 0 Å². The predicted molar refractivity (Wildman–Crippen MR) is 74.8 cm³/mol. The molecule has 1 heterocycles. The summed E-state index contributed by atoms with van der Waals surface area (Å²) in [5.74, 6) is 0.738. The van der Waals surface area contributed by atoms with Crippen molar-refractivity contribution < 1.29 is 4.74 Å². The minimum absolute atomic E-state index is 0.664. The Morgan fingerprint density at radius 3 is 2.47 bits per heavy atom. The van der Waals surface area contributed by atoms with Crippen LogP contribution in [-0.4, -0.2) is 45.2 Å². The number of piperazine rings is 1. The minimum atomic E-state index is 0.664. The summed E-state index contributed by atoms with van der Waals surface area (Å²) in [4.78, 5) is 4.69. The van der Waals surface area contributed by atoms with E-state index in [9.17, 15) is 0 Å². The zero-order valence-corrected chi connectivity index (χ0v) is 11.8. The van der Waals surface area contributed by atoms with Gasteiger partial charge in [-0.1, -0.05) is 0 Å². The van der Waals surface area contributed by atoms with E-state index < -0.39 is 0 Å². The van der Waals surface area contributed by atoms with Gasteiger partial charge in [0, 0.05) is 36.7 Å². The lowest BCUT2D eigenvalue weighted by atomic mass is 10.2. The molecule has 0 bridgehead atoms. The van der Waals surface area contributed by atoms with Gasteiger partial charge in [0.25, 0.3) is 0 Å². The molecule has 0 aliphatic carbocycles. The Hall–Kier alpha value is -0.940. The summed E-state index contributed by atoms with van der Waals surface area (Å²) in [6.07, 6.45) is 0. The van der Waals surface area contributed by atoms with Crippen LogP contribution in [0.15, 0.2) is 16.6 Å². The van der Waals surface area contributed by atoms with Crippen LogP contribution >= 0.6 is 15.9 Å². The zero-order valence-electron chi connectivity index (χ0n) is 10.2. The van der Waals surface area contributed by atoms with Crippen LogP contribution in [0, 0.1) is 0 Å². The van der Waals surface area contributed by atoms with E-state index in [1.165, 1.54) is 0 Å². The molecule has 5 heteroatoms. The van der Waals surface area contributed by atoms with Crippen molar-refractivity contribution in [2.45, 2.75) is 0 Å². The van der Waals surface area contributed by atoms with Crippen LogP contribution < -0.4 is 15.4 Å². The summed E-state index contributed by atoms with van der Waals surface area (Å²) < 4.78 is 6.30. The number of hydrogen-bond acceptors (Lipinski definition) is 4. The summed E-state index contributed by atoms with van der Waals surface area (Å²) in [5.41, 5.74) is 7.69. The Bertz CT molecular complexity index is 403. The van der Waals surface area contributed by atoms with Gasteiger partial charge >= 0.3 is 0 Å². The highest BCUT2D eigenvalue weighted by Crippen LogP contribution is 2.35. The molecule has 0 spiro atoms. The number of rotatable bonds is 2. The molecule has 1 aromatic carbocycles. The van der Waals surface area contributed by atoms with Gasteiger partial charge < -0.3 is 20.3 Å². The number of ether oxygens (including phenoxy) is 1. The van der Waals surface area contributed by atoms with E-state index in [0.29, 0.717) is 5.69 Å². The lowest BCUT2D eigenvalue weighted by Crippen LogP contribution is -2.44. The molecule has 1 aliphatic heterocycles. The Morgan fingerprint density at radius 1 is 1.24 bits per heavy atom. The van der Waals surface area contributed by atoms with Crippen LogP contribution in [0.2, 0.25) is 0 Å². The number of benzene rings is 1. The summed E-state index contributed by atoms with van der Waals surface area (Å²) >= 11 is 3.57. The average molecular weight is 300 g/mol. The number of methoxy groups -OCH3 is 1. The molecule has 2 rings (SSSR count). The maximum Gasteiger partial charge on any atom is 0.143 e. The first-order valence-electron chi connectivity index (χ1n) is 5.68. The predicted octanol–water partition coefficient (Wildman–Crippen LogP) is 1.79. The number of nitrogen functional groups attached to an aromatic ring is 1. The number of nitrogens with two attached hydrogens (primary N) is 1. The van der Waals surface area contributed by atoms with E-state index >= 15 is 0 Å². The second-order valence-corrected chi connectivity index (χ2v) is 5.19. The maximum atomic E-state index is 5.87. The number of hydrogen-bond donors (Lipinski definition) is 1. The first-order chi connectivity index (χ1) is 8.11. The van der Waals surface area contributed by atoms with Gasteiger partial charge in [0.2, 0.25) is 0 Å². The van der Waals surface area contributed by atoms with Gasteiger partial charge in [-0.3, -0.25) is 0 Å². The number of likely N-dealkylation sites (N-methyl/N-ethyl adjacent to an activating group) is 1. The van der Waals surface area contributed by atoms with Crippen LogP contribution in [0.1, 0.15) is 0 Å². The summed E-state index contributed by atoms with van der Waals surface area (Å²) in [7, 11) is 3.79. The Morgan fingerprint density at radius 2 is 1.88 bits per heavy atom. The standard InChI is InChI=1S/C12H18BrN3O/c1-15-3-5-16(6-4-15)11-8-12(17-2)10(14)7-9(11)13/h7-8H,3-6,14H2,1-2H3. The van der Waals surface area contributed by atoms with Gasteiger partial charge in [0.05, 0.1) is 18.5 Å². The van der Waals surface area contributed by atoms with E-state index in [1.807, 2.05) is 12.1 Å². The summed E-state index contributed by atoms with van der Waals surface area (Å²) in [6.45, 7) is 4.22.